The predicted molar refractivity (Wildman–Crippen MR) is 139 cm³/mol. The van der Waals surface area contributed by atoms with Crippen LogP contribution in [-0.4, -0.2) is 76.7 Å². The van der Waals surface area contributed by atoms with Crippen molar-refractivity contribution in [2.24, 2.45) is 5.73 Å². The maximum atomic E-state index is 12.6. The van der Waals surface area contributed by atoms with E-state index in [0.717, 1.165) is 11.6 Å². The molecule has 0 aromatic heterocycles. The molecule has 1 heterocycles. The molecule has 1 aliphatic rings. The van der Waals surface area contributed by atoms with Crippen LogP contribution < -0.4 is 16.4 Å². The van der Waals surface area contributed by atoms with Crippen LogP contribution in [0.15, 0.2) is 30.3 Å². The zero-order valence-corrected chi connectivity index (χ0v) is 23.5. The Morgan fingerprint density at radius 2 is 1.78 bits per heavy atom. The van der Waals surface area contributed by atoms with Crippen LogP contribution >= 0.6 is 0 Å². The van der Waals surface area contributed by atoms with Gasteiger partial charge in [-0.15, -0.1) is 0 Å². The predicted octanol–water partition coefficient (Wildman–Crippen LogP) is 3.23. The molecule has 1 aliphatic heterocycles. The molecule has 204 valence electrons. The number of nitrogens with two attached hydrogens (primary N) is 1. The first-order valence-electron chi connectivity index (χ1n) is 12.3. The van der Waals surface area contributed by atoms with Crippen molar-refractivity contribution >= 4 is 20.3 Å². The fourth-order valence-electron chi connectivity index (χ4n) is 3.60. The molecule has 0 radical (unpaired) electrons. The molecular weight excluding hydrogens is 482 g/mol. The third-order valence-corrected chi connectivity index (χ3v) is 7.20. The average molecular weight is 526 g/mol. The monoisotopic (exact) mass is 525 g/mol. The third-order valence-electron chi connectivity index (χ3n) is 5.50. The Balaban J connectivity index is 2.10. The third kappa shape index (κ3) is 10.4. The molecule has 1 aromatic rings. The van der Waals surface area contributed by atoms with E-state index in [1.807, 2.05) is 30.3 Å². The fraction of sp³-hybridized carbons (Fsp3) is 0.680. The van der Waals surface area contributed by atoms with Crippen molar-refractivity contribution in [2.75, 3.05) is 20.3 Å². The standard InChI is InChI=1S/C25H43N3O7Si/c1-25(2,3)35-24(30)28-20-21(33-16-17-11-9-8-10-12-17)19(26)18(34-22(20)31-4)15-27-23(29)32-13-14-36(5,6)7/h8-12,18-22H,13-16,26H2,1-7H3,(H,27,29)(H,28,30)/t18-,19+,20+,21-,22+/m1/s1. The van der Waals surface area contributed by atoms with Gasteiger partial charge in [-0.2, -0.15) is 0 Å². The second-order valence-electron chi connectivity index (χ2n) is 11.1. The van der Waals surface area contributed by atoms with E-state index in [4.69, 9.17) is 29.4 Å². The summed E-state index contributed by atoms with van der Waals surface area (Å²) in [6.07, 6.45) is -3.38. The van der Waals surface area contributed by atoms with Crippen LogP contribution in [-0.2, 0) is 30.3 Å². The number of rotatable bonds is 10. The van der Waals surface area contributed by atoms with Crippen molar-refractivity contribution in [2.45, 2.75) is 89.2 Å². The summed E-state index contributed by atoms with van der Waals surface area (Å²) in [7, 11) is 0.152. The van der Waals surface area contributed by atoms with Gasteiger partial charge in [-0.1, -0.05) is 50.0 Å². The van der Waals surface area contributed by atoms with Crippen molar-refractivity contribution < 1.29 is 33.3 Å². The van der Waals surface area contributed by atoms with E-state index in [0.29, 0.717) is 6.61 Å². The zero-order chi connectivity index (χ0) is 26.9. The van der Waals surface area contributed by atoms with Crippen molar-refractivity contribution in [3.05, 3.63) is 35.9 Å². The first-order chi connectivity index (χ1) is 16.8. The number of carbonyl (C=O) groups excluding carboxylic acids is 2. The molecule has 2 amide bonds. The molecule has 1 saturated heterocycles. The topological polar surface area (TPSA) is 130 Å². The summed E-state index contributed by atoms with van der Waals surface area (Å²) in [5, 5.41) is 5.52. The highest BCUT2D eigenvalue weighted by atomic mass is 28.3. The lowest BCUT2D eigenvalue weighted by molar-refractivity contribution is -0.233. The molecule has 0 unspecified atom stereocenters. The quantitative estimate of drug-likeness (QED) is 0.397. The van der Waals surface area contributed by atoms with Crippen LogP contribution in [0, 0.1) is 0 Å². The van der Waals surface area contributed by atoms with E-state index < -0.39 is 56.4 Å². The maximum Gasteiger partial charge on any atom is 0.408 e. The van der Waals surface area contributed by atoms with Gasteiger partial charge in [0.15, 0.2) is 6.29 Å². The van der Waals surface area contributed by atoms with Crippen LogP contribution in [0.5, 0.6) is 0 Å². The van der Waals surface area contributed by atoms with E-state index in [-0.39, 0.29) is 13.2 Å². The van der Waals surface area contributed by atoms with Gasteiger partial charge in [0, 0.05) is 21.7 Å². The highest BCUT2D eigenvalue weighted by Gasteiger charge is 2.46. The number of ether oxygens (including phenoxy) is 5. The molecule has 0 aliphatic carbocycles. The SMILES string of the molecule is CO[C@H]1O[C@H](CNC(=O)OCC[Si](C)(C)C)[C@H](N)[C@@H](OCc2ccccc2)[C@@H]1NC(=O)OC(C)(C)C. The van der Waals surface area contributed by atoms with Crippen LogP contribution in [0.1, 0.15) is 26.3 Å². The van der Waals surface area contributed by atoms with Gasteiger partial charge in [-0.05, 0) is 32.4 Å². The van der Waals surface area contributed by atoms with Crippen molar-refractivity contribution in [1.82, 2.24) is 10.6 Å². The number of alkyl carbamates (subject to hydrolysis) is 2. The van der Waals surface area contributed by atoms with Gasteiger partial charge in [-0.25, -0.2) is 9.59 Å². The summed E-state index contributed by atoms with van der Waals surface area (Å²) in [6, 6.07) is 9.05. The van der Waals surface area contributed by atoms with Crippen molar-refractivity contribution in [3.63, 3.8) is 0 Å². The molecular formula is C25H43N3O7Si. The highest BCUT2D eigenvalue weighted by molar-refractivity contribution is 6.76. The average Bonchev–Trinajstić information content (AvgIpc) is 2.77. The minimum atomic E-state index is -1.31. The van der Waals surface area contributed by atoms with Gasteiger partial charge in [-0.3, -0.25) is 0 Å². The minimum Gasteiger partial charge on any atom is -0.450 e. The van der Waals surface area contributed by atoms with Crippen LogP contribution in [0.3, 0.4) is 0 Å². The Kier molecular flexibility index (Phi) is 11.2. The maximum absolute atomic E-state index is 12.6. The minimum absolute atomic E-state index is 0.0944. The smallest absolute Gasteiger partial charge is 0.408 e. The largest absolute Gasteiger partial charge is 0.450 e. The molecule has 1 aromatic carbocycles. The number of carbonyl (C=O) groups is 2. The Hall–Kier alpha value is -2.18. The second kappa shape index (κ2) is 13.4. The summed E-state index contributed by atoms with van der Waals surface area (Å²) < 4.78 is 28.5. The Bertz CT molecular complexity index is 829. The van der Waals surface area contributed by atoms with Gasteiger partial charge >= 0.3 is 12.2 Å². The highest BCUT2D eigenvalue weighted by Crippen LogP contribution is 2.24. The molecule has 5 atom stereocenters. The molecule has 0 spiro atoms. The van der Waals surface area contributed by atoms with Crippen molar-refractivity contribution in [3.8, 4) is 0 Å². The normalized spacial score (nSPS) is 24.6. The fourth-order valence-corrected chi connectivity index (χ4v) is 4.31. The molecule has 10 nitrogen and oxygen atoms in total. The molecule has 0 saturated carbocycles. The molecule has 0 bridgehead atoms. The van der Waals surface area contributed by atoms with Crippen LogP contribution in [0.25, 0.3) is 0 Å². The van der Waals surface area contributed by atoms with Crippen molar-refractivity contribution in [1.29, 1.82) is 0 Å². The number of amides is 2. The van der Waals surface area contributed by atoms with E-state index >= 15 is 0 Å². The summed E-state index contributed by atoms with van der Waals surface area (Å²) >= 11 is 0. The zero-order valence-electron chi connectivity index (χ0n) is 22.5. The number of nitrogens with one attached hydrogen (secondary N) is 2. The van der Waals surface area contributed by atoms with Gasteiger partial charge < -0.3 is 40.1 Å². The first kappa shape index (κ1) is 30.0. The van der Waals surface area contributed by atoms with E-state index in [2.05, 4.69) is 30.3 Å². The Morgan fingerprint density at radius 3 is 2.36 bits per heavy atom. The molecule has 11 heteroatoms. The summed E-state index contributed by atoms with van der Waals surface area (Å²) in [6.45, 7) is 12.7. The lowest BCUT2D eigenvalue weighted by Crippen LogP contribution is -2.68. The Morgan fingerprint density at radius 1 is 1.11 bits per heavy atom. The summed E-state index contributed by atoms with van der Waals surface area (Å²) in [5.41, 5.74) is 6.82. The summed E-state index contributed by atoms with van der Waals surface area (Å²) in [5.74, 6) is 0. The lowest BCUT2D eigenvalue weighted by atomic mass is 9.94. The molecule has 36 heavy (non-hydrogen) atoms. The first-order valence-corrected chi connectivity index (χ1v) is 16.0. The number of hydrogen-bond donors (Lipinski definition) is 3. The van der Waals surface area contributed by atoms with Gasteiger partial charge in [0.05, 0.1) is 25.4 Å². The molecule has 4 N–H and O–H groups in total. The van der Waals surface area contributed by atoms with Gasteiger partial charge in [0.1, 0.15) is 17.7 Å². The van der Waals surface area contributed by atoms with E-state index in [1.54, 1.807) is 20.8 Å². The van der Waals surface area contributed by atoms with E-state index in [9.17, 15) is 9.59 Å². The molecule has 2 rings (SSSR count). The van der Waals surface area contributed by atoms with Gasteiger partial charge in [0.25, 0.3) is 0 Å². The van der Waals surface area contributed by atoms with E-state index in [1.165, 1.54) is 7.11 Å². The number of benzene rings is 1. The Labute approximate surface area is 215 Å². The van der Waals surface area contributed by atoms with Gasteiger partial charge in [0.2, 0.25) is 0 Å². The van der Waals surface area contributed by atoms with Crippen LogP contribution in [0.2, 0.25) is 25.7 Å². The number of hydrogen-bond acceptors (Lipinski definition) is 8. The second-order valence-corrected chi connectivity index (χ2v) is 16.7. The summed E-state index contributed by atoms with van der Waals surface area (Å²) in [4.78, 5) is 24.8. The number of methoxy groups -OCH3 is 1. The van der Waals surface area contributed by atoms with Crippen LogP contribution in [0.4, 0.5) is 9.59 Å². The molecule has 1 fully saturated rings. The lowest BCUT2D eigenvalue weighted by Gasteiger charge is -2.45.